The molecule has 0 bridgehead atoms. The van der Waals surface area contributed by atoms with Crippen LogP contribution < -0.4 is 34.1 Å². The maximum atomic E-state index is 12.8. The minimum Gasteiger partial charge on any atom is -0.469 e. The quantitative estimate of drug-likeness (QED) is 0.192. The second kappa shape index (κ2) is 14.7. The Morgan fingerprint density at radius 1 is 0.575 bits per heavy atom. The SMILES string of the molecule is CCCn1c(=O)n(CCC(=O)OC)c(=O)n(CCC(=O)OCCn2c(=O)n(CCO)c(=O)n(CCO)c2=O)c1=O. The summed E-state index contributed by atoms with van der Waals surface area (Å²) in [6, 6.07) is 0. The third-order valence-electron chi connectivity index (χ3n) is 5.75. The predicted octanol–water partition coefficient (Wildman–Crippen LogP) is -4.75. The highest BCUT2D eigenvalue weighted by Gasteiger charge is 2.18. The first-order valence-corrected chi connectivity index (χ1v) is 12.4. The third-order valence-corrected chi connectivity index (χ3v) is 5.75. The zero-order chi connectivity index (χ0) is 30.0. The topological polar surface area (TPSA) is 225 Å². The first-order valence-electron chi connectivity index (χ1n) is 12.4. The van der Waals surface area contributed by atoms with Crippen LogP contribution in [0, 0.1) is 0 Å². The van der Waals surface area contributed by atoms with Crippen molar-refractivity contribution in [3.8, 4) is 0 Å². The number of esters is 2. The zero-order valence-corrected chi connectivity index (χ0v) is 22.1. The number of carbonyl (C=O) groups excluding carboxylic acids is 2. The van der Waals surface area contributed by atoms with E-state index in [9.17, 15) is 38.4 Å². The van der Waals surface area contributed by atoms with Gasteiger partial charge in [0.25, 0.3) is 0 Å². The summed E-state index contributed by atoms with van der Waals surface area (Å²) in [5, 5.41) is 18.3. The predicted molar refractivity (Wildman–Crippen MR) is 135 cm³/mol. The first kappa shape index (κ1) is 31.9. The smallest absolute Gasteiger partial charge is 0.336 e. The van der Waals surface area contributed by atoms with E-state index in [0.717, 1.165) is 11.7 Å². The highest BCUT2D eigenvalue weighted by molar-refractivity contribution is 5.69. The molecule has 0 amide bonds. The fourth-order valence-corrected chi connectivity index (χ4v) is 3.77. The zero-order valence-electron chi connectivity index (χ0n) is 22.1. The van der Waals surface area contributed by atoms with Gasteiger partial charge in [-0.15, -0.1) is 0 Å². The lowest BCUT2D eigenvalue weighted by molar-refractivity contribution is -0.144. The van der Waals surface area contributed by atoms with Crippen LogP contribution in [0.15, 0.2) is 28.8 Å². The van der Waals surface area contributed by atoms with Gasteiger partial charge < -0.3 is 19.7 Å². The van der Waals surface area contributed by atoms with Crippen molar-refractivity contribution < 1.29 is 29.3 Å². The van der Waals surface area contributed by atoms with Crippen LogP contribution in [-0.4, -0.2) is 76.5 Å². The van der Waals surface area contributed by atoms with Crippen molar-refractivity contribution in [2.75, 3.05) is 26.9 Å². The van der Waals surface area contributed by atoms with Crippen molar-refractivity contribution in [2.45, 2.75) is 65.5 Å². The van der Waals surface area contributed by atoms with Gasteiger partial charge >= 0.3 is 46.1 Å². The Morgan fingerprint density at radius 2 is 0.925 bits per heavy atom. The Labute approximate surface area is 224 Å². The van der Waals surface area contributed by atoms with E-state index < -0.39 is 98.5 Å². The molecule has 2 aromatic heterocycles. The number of aromatic nitrogens is 6. The van der Waals surface area contributed by atoms with Crippen LogP contribution in [0.3, 0.4) is 0 Å². The van der Waals surface area contributed by atoms with E-state index in [1.807, 2.05) is 0 Å². The lowest BCUT2D eigenvalue weighted by Gasteiger charge is -2.14. The van der Waals surface area contributed by atoms with Crippen molar-refractivity contribution >= 4 is 11.9 Å². The van der Waals surface area contributed by atoms with Crippen molar-refractivity contribution in [2.24, 2.45) is 0 Å². The van der Waals surface area contributed by atoms with Crippen molar-refractivity contribution in [1.29, 1.82) is 0 Å². The van der Waals surface area contributed by atoms with Crippen LogP contribution in [0.5, 0.6) is 0 Å². The number of aliphatic hydroxyl groups excluding tert-OH is 2. The molecule has 0 radical (unpaired) electrons. The van der Waals surface area contributed by atoms with E-state index in [2.05, 4.69) is 4.74 Å². The molecule has 2 heterocycles. The van der Waals surface area contributed by atoms with E-state index in [-0.39, 0.29) is 19.5 Å². The minimum atomic E-state index is -1.05. The average Bonchev–Trinajstić information content (AvgIpc) is 2.93. The summed E-state index contributed by atoms with van der Waals surface area (Å²) in [4.78, 5) is 99.4. The average molecular weight is 573 g/mol. The molecule has 2 aromatic rings. The Morgan fingerprint density at radius 3 is 1.30 bits per heavy atom. The molecule has 0 spiro atoms. The summed E-state index contributed by atoms with van der Waals surface area (Å²) >= 11 is 0. The molecule has 222 valence electrons. The van der Waals surface area contributed by atoms with E-state index >= 15 is 0 Å². The number of rotatable bonds is 15. The van der Waals surface area contributed by atoms with Gasteiger partial charge in [0.15, 0.2) is 0 Å². The third kappa shape index (κ3) is 7.20. The van der Waals surface area contributed by atoms with Gasteiger partial charge in [-0.1, -0.05) is 6.92 Å². The number of hydrogen-bond donors (Lipinski definition) is 2. The molecule has 18 nitrogen and oxygen atoms in total. The Bertz CT molecular complexity index is 1530. The van der Waals surface area contributed by atoms with Crippen LogP contribution >= 0.6 is 0 Å². The van der Waals surface area contributed by atoms with E-state index in [1.54, 1.807) is 6.92 Å². The molecule has 0 aliphatic carbocycles. The number of carbonyl (C=O) groups is 2. The first-order chi connectivity index (χ1) is 19.0. The van der Waals surface area contributed by atoms with Gasteiger partial charge in [-0.2, -0.15) is 0 Å². The van der Waals surface area contributed by atoms with Crippen LogP contribution in [0.4, 0.5) is 0 Å². The number of aliphatic hydroxyl groups is 2. The number of nitrogens with zero attached hydrogens (tertiary/aromatic N) is 6. The number of ether oxygens (including phenoxy) is 2. The molecular formula is C22H32N6O12. The van der Waals surface area contributed by atoms with Crippen LogP contribution in [0.25, 0.3) is 0 Å². The number of hydrogen-bond acceptors (Lipinski definition) is 12. The monoisotopic (exact) mass is 572 g/mol. The normalized spacial score (nSPS) is 11.0. The van der Waals surface area contributed by atoms with Gasteiger partial charge in [-0.3, -0.25) is 9.59 Å². The fourth-order valence-electron chi connectivity index (χ4n) is 3.77. The maximum absolute atomic E-state index is 12.8. The molecule has 0 fully saturated rings. The second-order valence-corrected chi connectivity index (χ2v) is 8.35. The summed E-state index contributed by atoms with van der Waals surface area (Å²) in [7, 11) is 1.14. The van der Waals surface area contributed by atoms with Crippen LogP contribution in [0.1, 0.15) is 26.2 Å². The molecule has 2 rings (SSSR count). The molecule has 2 N–H and O–H groups in total. The summed E-state index contributed by atoms with van der Waals surface area (Å²) in [6.07, 6.45) is -0.412. The molecule has 0 aliphatic rings. The van der Waals surface area contributed by atoms with Gasteiger partial charge in [0, 0.05) is 19.6 Å². The largest absolute Gasteiger partial charge is 0.469 e. The van der Waals surface area contributed by atoms with Crippen molar-refractivity contribution in [3.05, 3.63) is 62.9 Å². The Kier molecular flexibility index (Phi) is 11.7. The van der Waals surface area contributed by atoms with E-state index in [4.69, 9.17) is 14.9 Å². The molecule has 0 saturated heterocycles. The summed E-state index contributed by atoms with van der Waals surface area (Å²) in [5.74, 6) is -1.59. The molecule has 0 unspecified atom stereocenters. The molecular weight excluding hydrogens is 540 g/mol. The van der Waals surface area contributed by atoms with Gasteiger partial charge in [0.05, 0.1) is 52.8 Å². The lowest BCUT2D eigenvalue weighted by atomic mass is 10.4. The van der Waals surface area contributed by atoms with Crippen molar-refractivity contribution in [1.82, 2.24) is 27.4 Å². The minimum absolute atomic E-state index is 0.0123. The van der Waals surface area contributed by atoms with Gasteiger partial charge in [0.2, 0.25) is 0 Å². The van der Waals surface area contributed by atoms with Gasteiger partial charge in [-0.05, 0) is 6.42 Å². The standard InChI is InChI=1S/C22H32N6O12/c1-3-6-23-17(33)24(7-4-15(31)39-2)19(35)25(18(23)34)8-5-16(32)40-14-11-28-21(37)26(9-12-29)20(36)27(10-13-30)22(28)38/h29-30H,3-14H2,1-2H3. The molecule has 40 heavy (non-hydrogen) atoms. The summed E-state index contributed by atoms with van der Waals surface area (Å²) in [5.41, 5.74) is -5.99. The molecule has 0 aromatic carbocycles. The Hall–Kier alpha value is -4.32. The van der Waals surface area contributed by atoms with Gasteiger partial charge in [-0.25, -0.2) is 56.2 Å². The highest BCUT2D eigenvalue weighted by atomic mass is 16.5. The number of methoxy groups -OCH3 is 1. The van der Waals surface area contributed by atoms with Crippen LogP contribution in [0.2, 0.25) is 0 Å². The lowest BCUT2D eigenvalue weighted by Crippen LogP contribution is -2.55. The van der Waals surface area contributed by atoms with E-state index in [0.29, 0.717) is 29.3 Å². The highest BCUT2D eigenvalue weighted by Crippen LogP contribution is 1.92. The Balaban J connectivity index is 2.22. The fraction of sp³-hybridized carbons (Fsp3) is 0.636. The van der Waals surface area contributed by atoms with Crippen molar-refractivity contribution in [3.63, 3.8) is 0 Å². The molecule has 0 aliphatic heterocycles. The van der Waals surface area contributed by atoms with Gasteiger partial charge in [0.1, 0.15) is 6.61 Å². The maximum Gasteiger partial charge on any atom is 0.336 e. The summed E-state index contributed by atoms with van der Waals surface area (Å²) in [6.45, 7) is -2.06. The molecule has 18 heteroatoms. The summed E-state index contributed by atoms with van der Waals surface area (Å²) < 4.78 is 13.5. The van der Waals surface area contributed by atoms with Crippen LogP contribution in [-0.2, 0) is 58.3 Å². The second-order valence-electron chi connectivity index (χ2n) is 8.35. The molecule has 0 saturated carbocycles. The molecule has 0 atom stereocenters. The van der Waals surface area contributed by atoms with E-state index in [1.165, 1.54) is 0 Å².